The van der Waals surface area contributed by atoms with Gasteiger partial charge in [-0.15, -0.1) is 5.10 Å². The van der Waals surface area contributed by atoms with Crippen molar-refractivity contribution in [2.24, 2.45) is 7.05 Å². The molecule has 0 spiro atoms. The number of aryl methyl sites for hydroxylation is 1. The van der Waals surface area contributed by atoms with E-state index in [1.807, 2.05) is 25.2 Å². The molecule has 2 heterocycles. The number of thioether (sulfide) groups is 1. The zero-order valence-electron chi connectivity index (χ0n) is 11.1. The normalized spacial score (nSPS) is 12.8. The van der Waals surface area contributed by atoms with Gasteiger partial charge in [0, 0.05) is 25.9 Å². The lowest BCUT2D eigenvalue weighted by atomic mass is 10.2. The number of aromatic nitrogens is 4. The molecule has 2 aromatic rings. The third-order valence-electron chi connectivity index (χ3n) is 2.86. The molecule has 3 rings (SSSR count). The number of fused-ring (bicyclic) bond motifs is 1. The molecule has 0 saturated carbocycles. The van der Waals surface area contributed by atoms with Gasteiger partial charge in [-0.2, -0.15) is 0 Å². The molecule has 0 amide bonds. The molecule has 1 aliphatic heterocycles. The van der Waals surface area contributed by atoms with E-state index in [0.717, 1.165) is 35.5 Å². The third kappa shape index (κ3) is 3.02. The van der Waals surface area contributed by atoms with E-state index in [-0.39, 0.29) is 0 Å². The molecule has 0 radical (unpaired) electrons. The molecule has 106 valence electrons. The molecule has 8 heteroatoms. The van der Waals surface area contributed by atoms with Crippen molar-refractivity contribution in [1.82, 2.24) is 25.5 Å². The lowest BCUT2D eigenvalue weighted by Gasteiger charge is -2.05. The molecule has 0 fully saturated rings. The molecule has 7 nitrogen and oxygen atoms in total. The Hall–Kier alpha value is -1.80. The van der Waals surface area contributed by atoms with Crippen LogP contribution in [0.5, 0.6) is 11.5 Å². The zero-order valence-corrected chi connectivity index (χ0v) is 11.9. The molecule has 20 heavy (non-hydrogen) atoms. The second-order valence-electron chi connectivity index (χ2n) is 4.30. The minimum Gasteiger partial charge on any atom is -0.454 e. The van der Waals surface area contributed by atoms with Crippen molar-refractivity contribution in [3.8, 4) is 11.5 Å². The molecule has 1 aromatic carbocycles. The Morgan fingerprint density at radius 2 is 2.25 bits per heavy atom. The van der Waals surface area contributed by atoms with Gasteiger partial charge in [-0.25, -0.2) is 4.68 Å². The smallest absolute Gasteiger partial charge is 0.231 e. The third-order valence-corrected chi connectivity index (χ3v) is 3.87. The van der Waals surface area contributed by atoms with Crippen molar-refractivity contribution < 1.29 is 9.47 Å². The summed E-state index contributed by atoms with van der Waals surface area (Å²) < 4.78 is 12.3. The van der Waals surface area contributed by atoms with Gasteiger partial charge in [0.1, 0.15) is 0 Å². The summed E-state index contributed by atoms with van der Waals surface area (Å²) in [5.41, 5.74) is 1.18. The molecule has 0 aliphatic carbocycles. The molecular weight excluding hydrogens is 278 g/mol. The molecular formula is C12H15N5O2S. The Morgan fingerprint density at radius 1 is 1.35 bits per heavy atom. The Bertz CT molecular complexity index is 589. The van der Waals surface area contributed by atoms with Crippen LogP contribution in [-0.4, -0.2) is 39.3 Å². The van der Waals surface area contributed by atoms with Crippen LogP contribution in [0.2, 0.25) is 0 Å². The first-order valence-corrected chi connectivity index (χ1v) is 7.26. The lowest BCUT2D eigenvalue weighted by molar-refractivity contribution is 0.174. The van der Waals surface area contributed by atoms with Crippen molar-refractivity contribution in [3.63, 3.8) is 0 Å². The van der Waals surface area contributed by atoms with E-state index in [0.29, 0.717) is 6.79 Å². The highest BCUT2D eigenvalue weighted by Crippen LogP contribution is 2.32. The summed E-state index contributed by atoms with van der Waals surface area (Å²) in [6, 6.07) is 5.99. The predicted octanol–water partition coefficient (Wildman–Crippen LogP) is 0.821. The summed E-state index contributed by atoms with van der Waals surface area (Å²) in [7, 11) is 1.84. The van der Waals surface area contributed by atoms with Crippen LogP contribution in [0.4, 0.5) is 0 Å². The summed E-state index contributed by atoms with van der Waals surface area (Å²) in [5.74, 6) is 2.56. The van der Waals surface area contributed by atoms with Crippen LogP contribution in [0.3, 0.4) is 0 Å². The second-order valence-corrected chi connectivity index (χ2v) is 5.36. The Balaban J connectivity index is 1.41. The molecule has 0 saturated heterocycles. The first-order valence-electron chi connectivity index (χ1n) is 6.27. The summed E-state index contributed by atoms with van der Waals surface area (Å²) >= 11 is 1.63. The molecule has 0 bridgehead atoms. The fourth-order valence-electron chi connectivity index (χ4n) is 1.84. The van der Waals surface area contributed by atoms with Gasteiger partial charge in [0.25, 0.3) is 0 Å². The molecule has 0 unspecified atom stereocenters. The van der Waals surface area contributed by atoms with Crippen LogP contribution in [-0.2, 0) is 13.6 Å². The van der Waals surface area contributed by atoms with Gasteiger partial charge >= 0.3 is 0 Å². The predicted molar refractivity (Wildman–Crippen MR) is 73.8 cm³/mol. The van der Waals surface area contributed by atoms with E-state index in [9.17, 15) is 0 Å². The van der Waals surface area contributed by atoms with Crippen LogP contribution < -0.4 is 14.8 Å². The number of hydrogen-bond donors (Lipinski definition) is 1. The number of nitrogens with one attached hydrogen (secondary N) is 1. The SMILES string of the molecule is Cn1nnnc1SCCNCc1ccc2c(c1)OCO2. The van der Waals surface area contributed by atoms with Crippen LogP contribution in [0.15, 0.2) is 23.4 Å². The van der Waals surface area contributed by atoms with Gasteiger partial charge < -0.3 is 14.8 Å². The Morgan fingerprint density at radius 3 is 3.10 bits per heavy atom. The van der Waals surface area contributed by atoms with Gasteiger partial charge in [0.2, 0.25) is 11.9 Å². The number of tetrazole rings is 1. The monoisotopic (exact) mass is 293 g/mol. The number of ether oxygens (including phenoxy) is 2. The first-order chi connectivity index (χ1) is 9.83. The largest absolute Gasteiger partial charge is 0.454 e. The molecule has 0 atom stereocenters. The van der Waals surface area contributed by atoms with Crippen molar-refractivity contribution in [1.29, 1.82) is 0 Å². The molecule has 1 aromatic heterocycles. The van der Waals surface area contributed by atoms with E-state index >= 15 is 0 Å². The van der Waals surface area contributed by atoms with Gasteiger partial charge in [-0.05, 0) is 28.1 Å². The van der Waals surface area contributed by atoms with E-state index < -0.39 is 0 Å². The van der Waals surface area contributed by atoms with Crippen LogP contribution in [0.25, 0.3) is 0 Å². The summed E-state index contributed by atoms with van der Waals surface area (Å²) in [6.07, 6.45) is 0. The number of rotatable bonds is 6. The molecule has 1 aliphatic rings. The number of benzene rings is 1. The maximum atomic E-state index is 5.35. The van der Waals surface area contributed by atoms with Gasteiger partial charge in [-0.1, -0.05) is 17.8 Å². The highest BCUT2D eigenvalue weighted by molar-refractivity contribution is 7.99. The maximum absolute atomic E-state index is 5.35. The van der Waals surface area contributed by atoms with Crippen LogP contribution >= 0.6 is 11.8 Å². The maximum Gasteiger partial charge on any atom is 0.231 e. The van der Waals surface area contributed by atoms with Crippen molar-refractivity contribution in [3.05, 3.63) is 23.8 Å². The van der Waals surface area contributed by atoms with E-state index in [1.54, 1.807) is 16.4 Å². The highest BCUT2D eigenvalue weighted by atomic mass is 32.2. The van der Waals surface area contributed by atoms with E-state index in [1.165, 1.54) is 5.56 Å². The van der Waals surface area contributed by atoms with Crippen molar-refractivity contribution >= 4 is 11.8 Å². The minimum atomic E-state index is 0.314. The summed E-state index contributed by atoms with van der Waals surface area (Å²) in [6.45, 7) is 1.99. The minimum absolute atomic E-state index is 0.314. The van der Waals surface area contributed by atoms with Gasteiger partial charge in [-0.3, -0.25) is 0 Å². The quantitative estimate of drug-likeness (QED) is 0.624. The summed E-state index contributed by atoms with van der Waals surface area (Å²) in [5, 5.41) is 15.5. The van der Waals surface area contributed by atoms with Gasteiger partial charge in [0.15, 0.2) is 11.5 Å². The fraction of sp³-hybridized carbons (Fsp3) is 0.417. The fourth-order valence-corrected chi connectivity index (χ4v) is 2.59. The zero-order chi connectivity index (χ0) is 13.8. The molecule has 1 N–H and O–H groups in total. The van der Waals surface area contributed by atoms with E-state index in [2.05, 4.69) is 20.8 Å². The standard InChI is InChI=1S/C12H15N5O2S/c1-17-12(14-15-16-17)20-5-4-13-7-9-2-3-10-11(6-9)19-8-18-10/h2-3,6,13H,4-5,7-8H2,1H3. The van der Waals surface area contributed by atoms with Crippen molar-refractivity contribution in [2.45, 2.75) is 11.7 Å². The second kappa shape index (κ2) is 6.10. The first kappa shape index (κ1) is 13.2. The van der Waals surface area contributed by atoms with Gasteiger partial charge in [0.05, 0.1) is 0 Å². The topological polar surface area (TPSA) is 74.1 Å². The van der Waals surface area contributed by atoms with Crippen molar-refractivity contribution in [2.75, 3.05) is 19.1 Å². The number of nitrogens with zero attached hydrogens (tertiary/aromatic N) is 4. The summed E-state index contributed by atoms with van der Waals surface area (Å²) in [4.78, 5) is 0. The number of hydrogen-bond acceptors (Lipinski definition) is 7. The average molecular weight is 293 g/mol. The van der Waals surface area contributed by atoms with Crippen LogP contribution in [0.1, 0.15) is 5.56 Å². The highest BCUT2D eigenvalue weighted by Gasteiger charge is 2.12. The Kier molecular flexibility index (Phi) is 4.03. The lowest BCUT2D eigenvalue weighted by Crippen LogP contribution is -2.16. The van der Waals surface area contributed by atoms with E-state index in [4.69, 9.17) is 9.47 Å². The average Bonchev–Trinajstić information content (AvgIpc) is 3.07. The van der Waals surface area contributed by atoms with Crippen LogP contribution in [0, 0.1) is 0 Å². The Labute approximate surface area is 120 Å².